The molecule has 2 heterocycles. The van der Waals surface area contributed by atoms with Crippen molar-refractivity contribution in [2.24, 2.45) is 5.10 Å². The first kappa shape index (κ1) is 29.7. The Labute approximate surface area is 245 Å². The van der Waals surface area contributed by atoms with Gasteiger partial charge in [0.2, 0.25) is 0 Å². The fourth-order valence-electron chi connectivity index (χ4n) is 4.17. The Morgan fingerprint density at radius 1 is 1.21 bits per heavy atom. The van der Waals surface area contributed by atoms with Crippen LogP contribution in [0.2, 0.25) is 0 Å². The molecule has 0 unspecified atom stereocenters. The van der Waals surface area contributed by atoms with Crippen LogP contribution in [0.1, 0.15) is 31.2 Å². The van der Waals surface area contributed by atoms with E-state index in [1.54, 1.807) is 56.3 Å². The summed E-state index contributed by atoms with van der Waals surface area (Å²) in [5.74, 6) is 0.118. The first-order valence-electron chi connectivity index (χ1n) is 12.6. The minimum absolute atomic E-state index is 0.181. The first-order chi connectivity index (χ1) is 20.2. The molecule has 1 aliphatic rings. The number of nitrogens with one attached hydrogen (secondary N) is 3. The number of nitro benzene ring substituents is 1. The van der Waals surface area contributed by atoms with Gasteiger partial charge in [-0.05, 0) is 56.4 Å². The van der Waals surface area contributed by atoms with Crippen LogP contribution in [0.25, 0.3) is 11.3 Å². The van der Waals surface area contributed by atoms with Gasteiger partial charge in [-0.25, -0.2) is 10.2 Å². The van der Waals surface area contributed by atoms with Crippen LogP contribution in [-0.4, -0.2) is 48.5 Å². The molecule has 0 fully saturated rings. The second-order valence-electron chi connectivity index (χ2n) is 8.75. The van der Waals surface area contributed by atoms with Gasteiger partial charge in [-0.2, -0.15) is 5.10 Å². The molecule has 0 radical (unpaired) electrons. The Morgan fingerprint density at radius 2 is 2.00 bits per heavy atom. The summed E-state index contributed by atoms with van der Waals surface area (Å²) in [6.45, 7) is 3.25. The molecule has 0 saturated heterocycles. The molecule has 1 aliphatic heterocycles. The lowest BCUT2D eigenvalue weighted by molar-refractivity contribution is -0.384. The van der Waals surface area contributed by atoms with Crippen molar-refractivity contribution in [3.63, 3.8) is 0 Å². The average molecular weight is 594 g/mol. The van der Waals surface area contributed by atoms with Gasteiger partial charge in [-0.15, -0.1) is 0 Å². The SMILES string of the molecule is CCOC(=O)C1=C(C)NC(=S)N[C@@H]1c1ccccc1OCC(=O)NN=Cc1ccc(-c2ccc(OC)cc2[N+](=O)[O-])o1. The van der Waals surface area contributed by atoms with Gasteiger partial charge in [0.1, 0.15) is 23.0 Å². The van der Waals surface area contributed by atoms with Crippen molar-refractivity contribution in [2.45, 2.75) is 19.9 Å². The lowest BCUT2D eigenvalue weighted by atomic mass is 9.95. The summed E-state index contributed by atoms with van der Waals surface area (Å²) in [4.78, 5) is 36.1. The third-order valence-corrected chi connectivity index (χ3v) is 6.25. The van der Waals surface area contributed by atoms with E-state index < -0.39 is 22.8 Å². The van der Waals surface area contributed by atoms with Gasteiger partial charge < -0.3 is 29.3 Å². The van der Waals surface area contributed by atoms with Gasteiger partial charge in [0, 0.05) is 11.3 Å². The first-order valence-corrected chi connectivity index (χ1v) is 13.0. The maximum atomic E-state index is 12.7. The van der Waals surface area contributed by atoms with Gasteiger partial charge in [0.15, 0.2) is 11.7 Å². The Kier molecular flexibility index (Phi) is 9.50. The summed E-state index contributed by atoms with van der Waals surface area (Å²) in [5.41, 5.74) is 3.89. The predicted molar refractivity (Wildman–Crippen MR) is 156 cm³/mol. The maximum absolute atomic E-state index is 12.7. The molecule has 1 atom stereocenters. The smallest absolute Gasteiger partial charge is 0.338 e. The minimum atomic E-state index is -0.662. The van der Waals surface area contributed by atoms with Crippen LogP contribution in [-0.2, 0) is 14.3 Å². The highest BCUT2D eigenvalue weighted by molar-refractivity contribution is 7.80. The normalized spacial score (nSPS) is 14.6. The van der Waals surface area contributed by atoms with Crippen molar-refractivity contribution < 1.29 is 33.1 Å². The fraction of sp³-hybridized carbons (Fsp3) is 0.214. The van der Waals surface area contributed by atoms with Crippen molar-refractivity contribution in [1.29, 1.82) is 0 Å². The van der Waals surface area contributed by atoms with Crippen LogP contribution in [0.3, 0.4) is 0 Å². The molecule has 4 rings (SSSR count). The summed E-state index contributed by atoms with van der Waals surface area (Å²) >= 11 is 5.29. The summed E-state index contributed by atoms with van der Waals surface area (Å²) in [5, 5.41) is 21.7. The molecule has 0 bridgehead atoms. The highest BCUT2D eigenvalue weighted by Gasteiger charge is 2.32. The van der Waals surface area contributed by atoms with Gasteiger partial charge in [0.25, 0.3) is 11.6 Å². The molecular weight excluding hydrogens is 566 g/mol. The molecule has 0 spiro atoms. The summed E-state index contributed by atoms with van der Waals surface area (Å²) in [6.07, 6.45) is 1.25. The number of furan rings is 1. The number of rotatable bonds is 11. The largest absolute Gasteiger partial charge is 0.497 e. The quantitative estimate of drug-likeness (QED) is 0.0974. The molecule has 3 aromatic rings. The van der Waals surface area contributed by atoms with E-state index in [2.05, 4.69) is 21.2 Å². The number of carbonyl (C=O) groups excluding carboxylic acids is 2. The maximum Gasteiger partial charge on any atom is 0.338 e. The standard InChI is InChI=1S/C28H27N5O8S/c1-4-39-27(35)25-16(2)30-28(42)31-26(25)20-7-5-6-8-22(20)40-15-24(34)32-29-14-18-10-12-23(41-18)19-11-9-17(38-3)13-21(19)33(36)37/h5-14,26H,4,15H2,1-3H3,(H,32,34)(H2,30,31,42)/t26-/m1/s1. The molecule has 42 heavy (non-hydrogen) atoms. The number of thiocarbonyl (C=S) groups is 1. The van der Waals surface area contributed by atoms with Crippen LogP contribution >= 0.6 is 12.2 Å². The number of nitrogens with zero attached hydrogens (tertiary/aromatic N) is 2. The van der Waals surface area contributed by atoms with E-state index in [1.807, 2.05) is 0 Å². The molecular formula is C28H27N5O8S. The second-order valence-corrected chi connectivity index (χ2v) is 9.16. The molecule has 14 heteroatoms. The fourth-order valence-corrected chi connectivity index (χ4v) is 4.44. The number of hydrogen-bond donors (Lipinski definition) is 3. The summed E-state index contributed by atoms with van der Waals surface area (Å²) < 4.78 is 21.7. The summed E-state index contributed by atoms with van der Waals surface area (Å²) in [6, 6.07) is 13.8. The second kappa shape index (κ2) is 13.4. The monoisotopic (exact) mass is 593 g/mol. The Morgan fingerprint density at radius 3 is 2.74 bits per heavy atom. The van der Waals surface area contributed by atoms with Gasteiger partial charge in [-0.3, -0.25) is 14.9 Å². The molecule has 2 aromatic carbocycles. The number of benzene rings is 2. The van der Waals surface area contributed by atoms with Gasteiger partial charge in [-0.1, -0.05) is 18.2 Å². The van der Waals surface area contributed by atoms with Crippen LogP contribution in [0.4, 0.5) is 5.69 Å². The molecule has 3 N–H and O–H groups in total. The molecule has 1 aromatic heterocycles. The highest BCUT2D eigenvalue weighted by Crippen LogP contribution is 2.35. The lowest BCUT2D eigenvalue weighted by Gasteiger charge is -2.30. The number of allylic oxidation sites excluding steroid dienone is 1. The van der Waals surface area contributed by atoms with E-state index in [4.69, 9.17) is 30.8 Å². The van der Waals surface area contributed by atoms with E-state index in [0.717, 1.165) is 0 Å². The zero-order valence-electron chi connectivity index (χ0n) is 22.8. The molecule has 0 saturated carbocycles. The van der Waals surface area contributed by atoms with Crippen LogP contribution in [0.15, 0.2) is 75.4 Å². The average Bonchev–Trinajstić information content (AvgIpc) is 3.44. The minimum Gasteiger partial charge on any atom is -0.497 e. The van der Waals surface area contributed by atoms with Crippen molar-refractivity contribution in [3.05, 3.63) is 87.3 Å². The van der Waals surface area contributed by atoms with Crippen LogP contribution in [0, 0.1) is 10.1 Å². The van der Waals surface area contributed by atoms with Crippen LogP contribution in [0.5, 0.6) is 11.5 Å². The van der Waals surface area contributed by atoms with E-state index in [1.165, 1.54) is 25.5 Å². The summed E-state index contributed by atoms with van der Waals surface area (Å²) in [7, 11) is 1.42. The molecule has 1 amide bonds. The number of hydrogen-bond acceptors (Lipinski definition) is 10. The number of carbonyl (C=O) groups is 2. The number of para-hydroxylation sites is 1. The predicted octanol–water partition coefficient (Wildman–Crippen LogP) is 3.75. The Balaban J connectivity index is 1.41. The highest BCUT2D eigenvalue weighted by atomic mass is 32.1. The van der Waals surface area contributed by atoms with Crippen molar-refractivity contribution in [3.8, 4) is 22.8 Å². The zero-order chi connectivity index (χ0) is 30.2. The third-order valence-electron chi connectivity index (χ3n) is 6.03. The van der Waals surface area contributed by atoms with Crippen molar-refractivity contribution in [2.75, 3.05) is 20.3 Å². The Bertz CT molecular complexity index is 1580. The molecule has 218 valence electrons. The number of ether oxygens (including phenoxy) is 3. The number of esters is 1. The number of amides is 1. The van der Waals surface area contributed by atoms with E-state index in [-0.39, 0.29) is 36.0 Å². The zero-order valence-corrected chi connectivity index (χ0v) is 23.7. The molecule has 13 nitrogen and oxygen atoms in total. The van der Waals surface area contributed by atoms with E-state index in [9.17, 15) is 19.7 Å². The lowest BCUT2D eigenvalue weighted by Crippen LogP contribution is -2.45. The molecule has 0 aliphatic carbocycles. The topological polar surface area (TPSA) is 167 Å². The third kappa shape index (κ3) is 6.90. The Hall–Kier alpha value is -5.24. The van der Waals surface area contributed by atoms with Gasteiger partial charge in [0.05, 0.1) is 48.1 Å². The van der Waals surface area contributed by atoms with E-state index in [0.29, 0.717) is 33.4 Å². The van der Waals surface area contributed by atoms with Crippen molar-refractivity contribution in [1.82, 2.24) is 16.1 Å². The number of hydrazone groups is 1. The van der Waals surface area contributed by atoms with Crippen molar-refractivity contribution >= 4 is 41.1 Å². The number of nitro groups is 1. The number of methoxy groups -OCH3 is 1. The van der Waals surface area contributed by atoms with Crippen LogP contribution < -0.4 is 25.5 Å². The van der Waals surface area contributed by atoms with E-state index >= 15 is 0 Å². The van der Waals surface area contributed by atoms with Gasteiger partial charge >= 0.3 is 5.97 Å².